The van der Waals surface area contributed by atoms with Crippen LogP contribution >= 0.6 is 11.3 Å². The number of aromatic nitrogens is 1. The molecule has 0 fully saturated rings. The Morgan fingerprint density at radius 3 is 2.92 bits per heavy atom. The van der Waals surface area contributed by atoms with Crippen LogP contribution in [0.25, 0.3) is 0 Å². The van der Waals surface area contributed by atoms with Gasteiger partial charge in [-0.1, -0.05) is 11.3 Å². The summed E-state index contributed by atoms with van der Waals surface area (Å²) in [5, 5.41) is 2.67. The largest absolute Gasteiger partial charge is 0.768 e. The number of carbonyl (C=O) groups excluding carboxylic acids is 1. The van der Waals surface area contributed by atoms with E-state index >= 15 is 0 Å². The first kappa shape index (κ1) is 9.30. The predicted octanol–water partition coefficient (Wildman–Crippen LogP) is 0.339. The highest BCUT2D eigenvalue weighted by atomic mass is 32.2. The van der Waals surface area contributed by atoms with Crippen LogP contribution in [0, 0.1) is 0 Å². The average molecular weight is 205 g/mol. The highest BCUT2D eigenvalue weighted by molar-refractivity contribution is 7.81. The van der Waals surface area contributed by atoms with Gasteiger partial charge < -0.3 is 9.87 Å². The van der Waals surface area contributed by atoms with E-state index in [4.69, 9.17) is 0 Å². The molecule has 1 aromatic rings. The van der Waals surface area contributed by atoms with Crippen LogP contribution in [0.1, 0.15) is 6.92 Å². The standard InChI is InChI=1S/C5H6N2O3S2/c1-3(8)7-5-6-2-4(11-5)12(9)10/h2H,1H3,(H,9,10)(H,6,7,8)/p-1. The second kappa shape index (κ2) is 3.74. The monoisotopic (exact) mass is 205 g/mol. The summed E-state index contributed by atoms with van der Waals surface area (Å²) in [6, 6.07) is 0. The fourth-order valence-electron chi connectivity index (χ4n) is 0.545. The predicted molar refractivity (Wildman–Crippen MR) is 43.6 cm³/mol. The van der Waals surface area contributed by atoms with Gasteiger partial charge >= 0.3 is 0 Å². The van der Waals surface area contributed by atoms with Gasteiger partial charge in [0, 0.05) is 6.92 Å². The van der Waals surface area contributed by atoms with Gasteiger partial charge in [0.2, 0.25) is 5.91 Å². The Labute approximate surface area is 75.1 Å². The number of amides is 1. The van der Waals surface area contributed by atoms with Crippen molar-refractivity contribution in [2.75, 3.05) is 5.32 Å². The van der Waals surface area contributed by atoms with Crippen molar-refractivity contribution in [3.63, 3.8) is 0 Å². The first-order valence-electron chi connectivity index (χ1n) is 2.92. The summed E-state index contributed by atoms with van der Waals surface area (Å²) >= 11 is -1.35. The van der Waals surface area contributed by atoms with Gasteiger partial charge in [-0.05, 0) is 11.1 Å². The Kier molecular flexibility index (Phi) is 2.90. The van der Waals surface area contributed by atoms with E-state index in [2.05, 4.69) is 10.3 Å². The topological polar surface area (TPSA) is 82.1 Å². The van der Waals surface area contributed by atoms with Crippen LogP contribution in [0.4, 0.5) is 5.13 Å². The molecule has 1 N–H and O–H groups in total. The number of rotatable bonds is 2. The first-order chi connectivity index (χ1) is 5.59. The third-order valence-corrected chi connectivity index (χ3v) is 2.73. The van der Waals surface area contributed by atoms with Crippen molar-refractivity contribution in [2.45, 2.75) is 11.1 Å². The van der Waals surface area contributed by atoms with Gasteiger partial charge in [-0.15, -0.1) is 0 Å². The molecule has 0 bridgehead atoms. The van der Waals surface area contributed by atoms with Crippen molar-refractivity contribution < 1.29 is 13.6 Å². The molecule has 0 saturated heterocycles. The van der Waals surface area contributed by atoms with Crippen LogP contribution in [0.3, 0.4) is 0 Å². The summed E-state index contributed by atoms with van der Waals surface area (Å²) < 4.78 is 20.8. The van der Waals surface area contributed by atoms with Gasteiger partial charge in [0.15, 0.2) is 5.13 Å². The van der Waals surface area contributed by atoms with Gasteiger partial charge in [0.25, 0.3) is 0 Å². The molecule has 1 atom stereocenters. The maximum atomic E-state index is 10.5. The minimum absolute atomic E-state index is 0.110. The van der Waals surface area contributed by atoms with Gasteiger partial charge in [-0.25, -0.2) is 4.98 Å². The summed E-state index contributed by atoms with van der Waals surface area (Å²) in [4.78, 5) is 14.2. The molecule has 0 spiro atoms. The minimum Gasteiger partial charge on any atom is -0.768 e. The maximum absolute atomic E-state index is 10.5. The van der Waals surface area contributed by atoms with Crippen molar-refractivity contribution in [3.8, 4) is 0 Å². The van der Waals surface area contributed by atoms with E-state index < -0.39 is 11.1 Å². The van der Waals surface area contributed by atoms with Crippen LogP contribution in [0.2, 0.25) is 0 Å². The summed E-state index contributed by atoms with van der Waals surface area (Å²) in [5.74, 6) is -0.271. The fraction of sp³-hybridized carbons (Fsp3) is 0.200. The highest BCUT2D eigenvalue weighted by Crippen LogP contribution is 2.19. The Hall–Kier alpha value is -0.790. The normalized spacial score (nSPS) is 12.5. The van der Waals surface area contributed by atoms with Crippen molar-refractivity contribution in [3.05, 3.63) is 6.20 Å². The molecule has 0 aliphatic carbocycles. The van der Waals surface area contributed by atoms with E-state index in [0.717, 1.165) is 11.3 Å². The number of hydrogen-bond donors (Lipinski definition) is 1. The van der Waals surface area contributed by atoms with Gasteiger partial charge in [-0.3, -0.25) is 9.00 Å². The fourth-order valence-corrected chi connectivity index (χ4v) is 1.79. The van der Waals surface area contributed by atoms with E-state index in [0.29, 0.717) is 5.13 Å². The Morgan fingerprint density at radius 2 is 2.50 bits per heavy atom. The SMILES string of the molecule is CC(=O)Nc1ncc(S(=O)[O-])s1. The molecule has 1 amide bonds. The summed E-state index contributed by atoms with van der Waals surface area (Å²) in [6.07, 6.45) is 1.19. The second-order valence-corrected chi connectivity index (χ2v) is 4.10. The quantitative estimate of drug-likeness (QED) is 0.706. The van der Waals surface area contributed by atoms with Gasteiger partial charge in [0.05, 0.1) is 10.4 Å². The van der Waals surface area contributed by atoms with Crippen LogP contribution in [0.5, 0.6) is 0 Å². The third-order valence-electron chi connectivity index (χ3n) is 0.932. The maximum Gasteiger partial charge on any atom is 0.223 e. The highest BCUT2D eigenvalue weighted by Gasteiger charge is 2.02. The second-order valence-electron chi connectivity index (χ2n) is 1.90. The zero-order valence-electron chi connectivity index (χ0n) is 6.07. The van der Waals surface area contributed by atoms with E-state index in [1.54, 1.807) is 0 Å². The lowest BCUT2D eigenvalue weighted by atomic mass is 10.7. The van der Waals surface area contributed by atoms with Gasteiger partial charge in [0.1, 0.15) is 0 Å². The summed E-state index contributed by atoms with van der Waals surface area (Å²) in [7, 11) is 0. The number of nitrogens with one attached hydrogen (secondary N) is 1. The van der Waals surface area contributed by atoms with Gasteiger partial charge in [-0.2, -0.15) is 0 Å². The lowest BCUT2D eigenvalue weighted by molar-refractivity contribution is -0.114. The molecule has 66 valence electrons. The molecule has 0 aromatic carbocycles. The Balaban J connectivity index is 2.77. The van der Waals surface area contributed by atoms with Crippen LogP contribution in [0.15, 0.2) is 10.4 Å². The smallest absolute Gasteiger partial charge is 0.223 e. The third kappa shape index (κ3) is 2.36. The Morgan fingerprint density at radius 1 is 1.83 bits per heavy atom. The molecule has 0 radical (unpaired) electrons. The lowest BCUT2D eigenvalue weighted by Crippen LogP contribution is -2.04. The molecule has 1 aromatic heterocycles. The van der Waals surface area contributed by atoms with E-state index in [1.165, 1.54) is 13.1 Å². The number of carbonyl (C=O) groups is 1. The minimum atomic E-state index is -2.27. The molecule has 1 unspecified atom stereocenters. The Bertz CT molecular complexity index is 322. The molecule has 12 heavy (non-hydrogen) atoms. The zero-order chi connectivity index (χ0) is 9.14. The van der Waals surface area contributed by atoms with Crippen molar-refractivity contribution >= 4 is 33.5 Å². The molecule has 0 aliphatic heterocycles. The molecule has 5 nitrogen and oxygen atoms in total. The number of thiazole rings is 1. The first-order valence-corrected chi connectivity index (χ1v) is 4.81. The van der Waals surface area contributed by atoms with Crippen LogP contribution in [-0.4, -0.2) is 19.7 Å². The molecule has 1 heterocycles. The summed E-state index contributed by atoms with van der Waals surface area (Å²) in [6.45, 7) is 1.33. The number of hydrogen-bond acceptors (Lipinski definition) is 5. The average Bonchev–Trinajstić information content (AvgIpc) is 2.34. The lowest BCUT2D eigenvalue weighted by Gasteiger charge is -1.97. The molecule has 1 rings (SSSR count). The van der Waals surface area contributed by atoms with Crippen molar-refractivity contribution in [1.29, 1.82) is 0 Å². The van der Waals surface area contributed by atoms with Crippen LogP contribution < -0.4 is 5.32 Å². The van der Waals surface area contributed by atoms with E-state index in [9.17, 15) is 13.6 Å². The number of nitrogens with zero attached hydrogens (tertiary/aromatic N) is 1. The number of anilines is 1. The van der Waals surface area contributed by atoms with Crippen molar-refractivity contribution in [2.24, 2.45) is 0 Å². The van der Waals surface area contributed by atoms with E-state index in [-0.39, 0.29) is 10.1 Å². The summed E-state index contributed by atoms with van der Waals surface area (Å²) in [5.41, 5.74) is 0. The molecule has 7 heteroatoms. The zero-order valence-corrected chi connectivity index (χ0v) is 7.70. The van der Waals surface area contributed by atoms with Crippen molar-refractivity contribution in [1.82, 2.24) is 4.98 Å². The molecule has 0 aliphatic rings. The van der Waals surface area contributed by atoms with E-state index in [1.807, 2.05) is 0 Å². The molecular weight excluding hydrogens is 200 g/mol. The molecule has 0 saturated carbocycles. The van der Waals surface area contributed by atoms with Crippen LogP contribution in [-0.2, 0) is 15.9 Å². The molecular formula is C5H5N2O3S2-.